The maximum atomic E-state index is 12.3. The van der Waals surface area contributed by atoms with Crippen molar-refractivity contribution in [3.8, 4) is 16.9 Å². The van der Waals surface area contributed by atoms with Gasteiger partial charge in [-0.15, -0.1) is 0 Å². The van der Waals surface area contributed by atoms with Gasteiger partial charge in [-0.3, -0.25) is 0 Å². The molecule has 1 N–H and O–H groups in total. The first kappa shape index (κ1) is 16.3. The van der Waals surface area contributed by atoms with Crippen molar-refractivity contribution in [2.24, 2.45) is 0 Å². The molecular weight excluding hydrogens is 326 g/mol. The second-order valence-corrected chi connectivity index (χ2v) is 6.92. The minimum absolute atomic E-state index is 0.121. The Morgan fingerprint density at radius 3 is 2.12 bits per heavy atom. The molecule has 0 aliphatic rings. The highest BCUT2D eigenvalue weighted by Gasteiger charge is 2.14. The Bertz CT molecular complexity index is 883. The molecule has 3 rings (SSSR count). The topological polar surface area (TPSA) is 68.5 Å². The summed E-state index contributed by atoms with van der Waals surface area (Å²) in [4.78, 5) is 0.214. The number of nitrogens with one attached hydrogen (secondary N) is 1. The van der Waals surface area contributed by atoms with Crippen molar-refractivity contribution < 1.29 is 17.6 Å². The van der Waals surface area contributed by atoms with E-state index in [0.717, 1.165) is 16.9 Å². The number of ether oxygens (including phenoxy) is 1. The molecule has 0 spiro atoms. The molecule has 0 aliphatic heterocycles. The van der Waals surface area contributed by atoms with Crippen LogP contribution >= 0.6 is 0 Å². The molecule has 0 saturated carbocycles. The minimum Gasteiger partial charge on any atom is -0.497 e. The van der Waals surface area contributed by atoms with Gasteiger partial charge in [0.25, 0.3) is 0 Å². The van der Waals surface area contributed by atoms with Gasteiger partial charge in [0.15, 0.2) is 0 Å². The molecular formula is C18H17NO4S. The van der Waals surface area contributed by atoms with Crippen LogP contribution in [0.3, 0.4) is 0 Å². The number of hydrogen-bond donors (Lipinski definition) is 1. The molecule has 1 aromatic heterocycles. The molecule has 1 heterocycles. The van der Waals surface area contributed by atoms with Crippen LogP contribution in [0.15, 0.2) is 76.2 Å². The Balaban J connectivity index is 1.75. The van der Waals surface area contributed by atoms with Gasteiger partial charge >= 0.3 is 0 Å². The number of benzene rings is 2. The van der Waals surface area contributed by atoms with Crippen molar-refractivity contribution in [3.05, 3.63) is 72.7 Å². The molecule has 0 fully saturated rings. The molecule has 6 heteroatoms. The van der Waals surface area contributed by atoms with Gasteiger partial charge in [-0.25, -0.2) is 13.1 Å². The van der Waals surface area contributed by atoms with E-state index in [1.807, 2.05) is 24.3 Å². The number of methoxy groups -OCH3 is 1. The molecule has 0 saturated heterocycles. The highest BCUT2D eigenvalue weighted by Crippen LogP contribution is 2.23. The summed E-state index contributed by atoms with van der Waals surface area (Å²) in [6.45, 7) is 0.121. The Morgan fingerprint density at radius 1 is 0.958 bits per heavy atom. The lowest BCUT2D eigenvalue weighted by molar-refractivity contribution is 0.415. The summed E-state index contributed by atoms with van der Waals surface area (Å²) < 4.78 is 37.3. The third-order valence-electron chi connectivity index (χ3n) is 3.60. The van der Waals surface area contributed by atoms with Gasteiger partial charge < -0.3 is 9.15 Å². The summed E-state index contributed by atoms with van der Waals surface area (Å²) in [5.41, 5.74) is 1.92. The second kappa shape index (κ2) is 6.90. The monoisotopic (exact) mass is 343 g/mol. The third kappa shape index (κ3) is 3.67. The maximum Gasteiger partial charge on any atom is 0.240 e. The molecule has 24 heavy (non-hydrogen) atoms. The number of hydrogen-bond acceptors (Lipinski definition) is 4. The fourth-order valence-corrected chi connectivity index (χ4v) is 3.27. The molecule has 0 unspecified atom stereocenters. The van der Waals surface area contributed by atoms with Crippen LogP contribution in [0.4, 0.5) is 0 Å². The largest absolute Gasteiger partial charge is 0.497 e. The van der Waals surface area contributed by atoms with E-state index in [1.165, 1.54) is 6.26 Å². The predicted octanol–water partition coefficient (Wildman–Crippen LogP) is 3.43. The number of sulfonamides is 1. The molecule has 0 aliphatic carbocycles. The summed E-state index contributed by atoms with van der Waals surface area (Å²) in [5.74, 6) is 1.34. The summed E-state index contributed by atoms with van der Waals surface area (Å²) in [6, 6.07) is 17.8. The highest BCUT2D eigenvalue weighted by atomic mass is 32.2. The smallest absolute Gasteiger partial charge is 0.240 e. The molecule has 2 aromatic carbocycles. The average Bonchev–Trinajstić information content (AvgIpc) is 3.14. The SMILES string of the molecule is COc1ccc(-c2ccc(S(=O)(=O)NCc3ccco3)cc2)cc1. The Hall–Kier alpha value is -2.57. The summed E-state index contributed by atoms with van der Waals surface area (Å²) in [7, 11) is -1.96. The van der Waals surface area contributed by atoms with E-state index in [-0.39, 0.29) is 11.4 Å². The van der Waals surface area contributed by atoms with E-state index in [2.05, 4.69) is 4.72 Å². The first-order chi connectivity index (χ1) is 11.6. The summed E-state index contributed by atoms with van der Waals surface area (Å²) >= 11 is 0. The van der Waals surface area contributed by atoms with Crippen LogP contribution < -0.4 is 9.46 Å². The predicted molar refractivity (Wildman–Crippen MR) is 91.2 cm³/mol. The zero-order valence-electron chi connectivity index (χ0n) is 13.1. The van der Waals surface area contributed by atoms with Crippen LogP contribution in [0.1, 0.15) is 5.76 Å². The zero-order chi connectivity index (χ0) is 17.0. The van der Waals surface area contributed by atoms with Gasteiger partial charge in [0.05, 0.1) is 24.8 Å². The second-order valence-electron chi connectivity index (χ2n) is 5.16. The van der Waals surface area contributed by atoms with E-state index >= 15 is 0 Å². The number of furan rings is 1. The van der Waals surface area contributed by atoms with Gasteiger partial charge in [0.2, 0.25) is 10.0 Å². The van der Waals surface area contributed by atoms with Gasteiger partial charge in [-0.2, -0.15) is 0 Å². The van der Waals surface area contributed by atoms with Crippen molar-refractivity contribution in [2.75, 3.05) is 7.11 Å². The molecule has 0 bridgehead atoms. The maximum absolute atomic E-state index is 12.3. The molecule has 0 amide bonds. The van der Waals surface area contributed by atoms with Crippen LogP contribution in [0.5, 0.6) is 5.75 Å². The highest BCUT2D eigenvalue weighted by molar-refractivity contribution is 7.89. The van der Waals surface area contributed by atoms with E-state index < -0.39 is 10.0 Å². The fraction of sp³-hybridized carbons (Fsp3) is 0.111. The first-order valence-corrected chi connectivity index (χ1v) is 8.83. The van der Waals surface area contributed by atoms with Crippen LogP contribution in [0.25, 0.3) is 11.1 Å². The first-order valence-electron chi connectivity index (χ1n) is 7.35. The standard InChI is InChI=1S/C18H17NO4S/c1-22-16-8-4-14(5-9-16)15-6-10-18(11-7-15)24(20,21)19-13-17-3-2-12-23-17/h2-12,19H,13H2,1H3. The van der Waals surface area contributed by atoms with Crippen LogP contribution in [0.2, 0.25) is 0 Å². The lowest BCUT2D eigenvalue weighted by Gasteiger charge is -2.07. The van der Waals surface area contributed by atoms with Gasteiger partial charge in [0.1, 0.15) is 11.5 Å². The van der Waals surface area contributed by atoms with E-state index in [4.69, 9.17) is 9.15 Å². The molecule has 124 valence electrons. The molecule has 0 atom stereocenters. The normalized spacial score (nSPS) is 11.4. The van der Waals surface area contributed by atoms with E-state index in [1.54, 1.807) is 43.5 Å². The van der Waals surface area contributed by atoms with Crippen molar-refractivity contribution in [1.29, 1.82) is 0 Å². The van der Waals surface area contributed by atoms with Crippen molar-refractivity contribution in [2.45, 2.75) is 11.4 Å². The molecule has 0 radical (unpaired) electrons. The average molecular weight is 343 g/mol. The van der Waals surface area contributed by atoms with Crippen molar-refractivity contribution in [3.63, 3.8) is 0 Å². The van der Waals surface area contributed by atoms with Crippen LogP contribution in [0, 0.1) is 0 Å². The van der Waals surface area contributed by atoms with Crippen molar-refractivity contribution >= 4 is 10.0 Å². The third-order valence-corrected chi connectivity index (χ3v) is 5.02. The van der Waals surface area contributed by atoms with Gasteiger partial charge in [0, 0.05) is 0 Å². The van der Waals surface area contributed by atoms with Crippen LogP contribution in [-0.4, -0.2) is 15.5 Å². The van der Waals surface area contributed by atoms with E-state index in [0.29, 0.717) is 5.76 Å². The quantitative estimate of drug-likeness (QED) is 0.744. The zero-order valence-corrected chi connectivity index (χ0v) is 13.9. The Kier molecular flexibility index (Phi) is 4.69. The van der Waals surface area contributed by atoms with Gasteiger partial charge in [-0.1, -0.05) is 24.3 Å². The Labute approximate surface area is 140 Å². The van der Waals surface area contributed by atoms with Gasteiger partial charge in [-0.05, 0) is 47.5 Å². The van der Waals surface area contributed by atoms with E-state index in [9.17, 15) is 8.42 Å². The van der Waals surface area contributed by atoms with Crippen LogP contribution in [-0.2, 0) is 16.6 Å². The fourth-order valence-electron chi connectivity index (χ4n) is 2.27. The lowest BCUT2D eigenvalue weighted by atomic mass is 10.1. The summed E-state index contributed by atoms with van der Waals surface area (Å²) in [6.07, 6.45) is 1.51. The minimum atomic E-state index is -3.58. The summed E-state index contributed by atoms with van der Waals surface area (Å²) in [5, 5.41) is 0. The molecule has 3 aromatic rings. The van der Waals surface area contributed by atoms with Crippen molar-refractivity contribution in [1.82, 2.24) is 4.72 Å². The Morgan fingerprint density at radius 2 is 1.58 bits per heavy atom. The molecule has 5 nitrogen and oxygen atoms in total. The number of rotatable bonds is 6. The lowest BCUT2D eigenvalue weighted by Crippen LogP contribution is -2.22.